The second-order valence-electron chi connectivity index (χ2n) is 3.02. The summed E-state index contributed by atoms with van der Waals surface area (Å²) in [4.78, 5) is 0. The fourth-order valence-corrected chi connectivity index (χ4v) is 1.04. The number of anilines is 1. The Morgan fingerprint density at radius 1 is 1.43 bits per heavy atom. The maximum atomic E-state index is 5.23. The van der Waals surface area contributed by atoms with Crippen LogP contribution in [0.1, 0.15) is 6.92 Å². The Morgan fingerprint density at radius 2 is 2.07 bits per heavy atom. The minimum absolute atomic E-state index is 0.374. The third-order valence-corrected chi connectivity index (χ3v) is 1.69. The van der Waals surface area contributed by atoms with Gasteiger partial charge in [-0.3, -0.25) is 0 Å². The highest BCUT2D eigenvalue weighted by Gasteiger charge is 1.97. The van der Waals surface area contributed by atoms with Gasteiger partial charge in [0.25, 0.3) is 5.17 Å². The average Bonchev–Trinajstić information content (AvgIpc) is 2.16. The summed E-state index contributed by atoms with van der Waals surface area (Å²) in [6.45, 7) is 6.07. The van der Waals surface area contributed by atoms with Crippen LogP contribution in [0.4, 0.5) is 5.69 Å². The first kappa shape index (κ1) is 10.7. The van der Waals surface area contributed by atoms with E-state index in [9.17, 15) is 0 Å². The van der Waals surface area contributed by atoms with Gasteiger partial charge in [-0.2, -0.15) is 0 Å². The molecular weight excluding hydrogens is 194 g/mol. The second-order valence-corrected chi connectivity index (χ2v) is 3.40. The van der Waals surface area contributed by atoms with Gasteiger partial charge in [0, 0.05) is 5.69 Å². The molecule has 0 bridgehead atoms. The lowest BCUT2D eigenvalue weighted by Gasteiger charge is -2.08. The summed E-state index contributed by atoms with van der Waals surface area (Å²) in [6.07, 6.45) is 0. The number of thiocarbonyl (C=S) groups is 1. The van der Waals surface area contributed by atoms with Crippen LogP contribution in [0, 0.1) is 0 Å². The molecule has 0 aliphatic heterocycles. The first-order valence-corrected chi connectivity index (χ1v) is 4.72. The number of benzene rings is 1. The topological polar surface area (TPSA) is 21.3 Å². The van der Waals surface area contributed by atoms with Crippen LogP contribution in [-0.2, 0) is 4.74 Å². The monoisotopic (exact) mass is 207 g/mol. The van der Waals surface area contributed by atoms with Gasteiger partial charge < -0.3 is 10.1 Å². The predicted molar refractivity (Wildman–Crippen MR) is 63.4 cm³/mol. The molecule has 0 aliphatic rings. The van der Waals surface area contributed by atoms with E-state index in [4.69, 9.17) is 17.0 Å². The molecule has 0 spiro atoms. The van der Waals surface area contributed by atoms with Crippen LogP contribution in [0.5, 0.6) is 0 Å². The molecular formula is C11H13NOS. The van der Waals surface area contributed by atoms with Gasteiger partial charge in [0.15, 0.2) is 0 Å². The number of hydrogen-bond donors (Lipinski definition) is 1. The maximum Gasteiger partial charge on any atom is 0.261 e. The zero-order valence-corrected chi connectivity index (χ0v) is 8.93. The molecule has 1 N–H and O–H groups in total. The Hall–Kier alpha value is -1.35. The summed E-state index contributed by atoms with van der Waals surface area (Å²) in [5, 5.41) is 3.34. The molecule has 1 aromatic rings. The zero-order valence-electron chi connectivity index (χ0n) is 8.12. The number of rotatable bonds is 3. The third-order valence-electron chi connectivity index (χ3n) is 1.47. The summed E-state index contributed by atoms with van der Waals surface area (Å²) < 4.78 is 5.23. The van der Waals surface area contributed by atoms with Crippen molar-refractivity contribution in [3.05, 3.63) is 42.5 Å². The zero-order chi connectivity index (χ0) is 10.4. The van der Waals surface area contributed by atoms with Crippen molar-refractivity contribution in [1.82, 2.24) is 0 Å². The molecule has 0 saturated carbocycles. The Kier molecular flexibility index (Phi) is 4.13. The minimum atomic E-state index is 0.374. The van der Waals surface area contributed by atoms with Gasteiger partial charge in [-0.1, -0.05) is 24.8 Å². The molecule has 74 valence electrons. The van der Waals surface area contributed by atoms with Crippen LogP contribution in [0.2, 0.25) is 0 Å². The normalized spacial score (nSPS) is 9.21. The van der Waals surface area contributed by atoms with E-state index in [-0.39, 0.29) is 0 Å². The number of nitrogens with one attached hydrogen (secondary N) is 1. The molecule has 0 heterocycles. The summed E-state index contributed by atoms with van der Waals surface area (Å²) in [7, 11) is 0. The van der Waals surface area contributed by atoms with Crippen LogP contribution >= 0.6 is 12.2 Å². The van der Waals surface area contributed by atoms with E-state index in [1.54, 1.807) is 0 Å². The highest BCUT2D eigenvalue weighted by atomic mass is 32.1. The Balaban J connectivity index is 2.38. The van der Waals surface area contributed by atoms with Gasteiger partial charge >= 0.3 is 0 Å². The van der Waals surface area contributed by atoms with E-state index in [1.165, 1.54) is 0 Å². The quantitative estimate of drug-likeness (QED) is 0.608. The van der Waals surface area contributed by atoms with Crippen molar-refractivity contribution in [3.63, 3.8) is 0 Å². The van der Waals surface area contributed by atoms with Crippen molar-refractivity contribution in [3.8, 4) is 0 Å². The van der Waals surface area contributed by atoms with Crippen LogP contribution in [0.3, 0.4) is 0 Å². The van der Waals surface area contributed by atoms with E-state index in [0.29, 0.717) is 11.8 Å². The summed E-state index contributed by atoms with van der Waals surface area (Å²) in [5.74, 6) is 0. The molecule has 0 unspecified atom stereocenters. The first-order chi connectivity index (χ1) is 6.68. The standard InChI is InChI=1S/C11H13NOS/c1-9(2)8-13-11(14)12-10-6-4-3-5-7-10/h3-7H,1,8H2,2H3,(H,12,14). The highest BCUT2D eigenvalue weighted by molar-refractivity contribution is 7.80. The average molecular weight is 207 g/mol. The molecule has 0 aliphatic carbocycles. The van der Waals surface area contributed by atoms with Crippen molar-refractivity contribution < 1.29 is 4.74 Å². The second kappa shape index (κ2) is 5.40. The Labute approximate surface area is 89.6 Å². The molecule has 0 atom stereocenters. The number of ether oxygens (including phenoxy) is 1. The van der Waals surface area contributed by atoms with Crippen LogP contribution < -0.4 is 5.32 Å². The fraction of sp³-hybridized carbons (Fsp3) is 0.182. The molecule has 14 heavy (non-hydrogen) atoms. The largest absolute Gasteiger partial charge is 0.466 e. The van der Waals surface area contributed by atoms with E-state index >= 15 is 0 Å². The Bertz CT molecular complexity index is 321. The lowest BCUT2D eigenvalue weighted by Crippen LogP contribution is -2.14. The molecule has 0 amide bonds. The van der Waals surface area contributed by atoms with Gasteiger partial charge in [0.1, 0.15) is 6.61 Å². The van der Waals surface area contributed by atoms with Crippen LogP contribution in [0.15, 0.2) is 42.5 Å². The predicted octanol–water partition coefficient (Wildman–Crippen LogP) is 2.98. The van der Waals surface area contributed by atoms with E-state index < -0.39 is 0 Å². The third kappa shape index (κ3) is 4.05. The number of para-hydroxylation sites is 1. The van der Waals surface area contributed by atoms with Crippen molar-refractivity contribution in [2.45, 2.75) is 6.92 Å². The van der Waals surface area contributed by atoms with Crippen molar-refractivity contribution in [1.29, 1.82) is 0 Å². The maximum absolute atomic E-state index is 5.23. The molecule has 1 rings (SSSR count). The van der Waals surface area contributed by atoms with E-state index in [1.807, 2.05) is 37.3 Å². The lowest BCUT2D eigenvalue weighted by molar-refractivity contribution is 0.348. The van der Waals surface area contributed by atoms with Crippen molar-refractivity contribution >= 4 is 23.1 Å². The van der Waals surface area contributed by atoms with Gasteiger partial charge in [0.2, 0.25) is 0 Å². The van der Waals surface area contributed by atoms with Gasteiger partial charge in [-0.05, 0) is 36.8 Å². The summed E-state index contributed by atoms with van der Waals surface area (Å²) >= 11 is 4.98. The molecule has 3 heteroatoms. The van der Waals surface area contributed by atoms with Gasteiger partial charge in [-0.25, -0.2) is 0 Å². The first-order valence-electron chi connectivity index (χ1n) is 4.31. The number of hydrogen-bond acceptors (Lipinski definition) is 2. The Morgan fingerprint density at radius 3 is 2.64 bits per heavy atom. The SMILES string of the molecule is C=C(C)COC(=S)Nc1ccccc1. The minimum Gasteiger partial charge on any atom is -0.466 e. The summed E-state index contributed by atoms with van der Waals surface area (Å²) in [5.41, 5.74) is 1.88. The molecule has 0 aromatic heterocycles. The van der Waals surface area contributed by atoms with E-state index in [2.05, 4.69) is 11.9 Å². The smallest absolute Gasteiger partial charge is 0.261 e. The molecule has 2 nitrogen and oxygen atoms in total. The highest BCUT2D eigenvalue weighted by Crippen LogP contribution is 2.05. The molecule has 1 aromatic carbocycles. The van der Waals surface area contributed by atoms with Crippen molar-refractivity contribution in [2.24, 2.45) is 0 Å². The fourth-order valence-electron chi connectivity index (χ4n) is 0.864. The van der Waals surface area contributed by atoms with Crippen molar-refractivity contribution in [2.75, 3.05) is 11.9 Å². The van der Waals surface area contributed by atoms with Crippen LogP contribution in [0.25, 0.3) is 0 Å². The lowest BCUT2D eigenvalue weighted by atomic mass is 10.3. The molecule has 0 radical (unpaired) electrons. The summed E-state index contributed by atoms with van der Waals surface area (Å²) in [6, 6.07) is 9.67. The molecule has 0 fully saturated rings. The molecule has 0 saturated heterocycles. The van der Waals surface area contributed by atoms with E-state index in [0.717, 1.165) is 11.3 Å². The van der Waals surface area contributed by atoms with Gasteiger partial charge in [-0.15, -0.1) is 0 Å². The van der Waals surface area contributed by atoms with Gasteiger partial charge in [0.05, 0.1) is 0 Å². The van der Waals surface area contributed by atoms with Crippen LogP contribution in [-0.4, -0.2) is 11.8 Å².